The fourth-order valence-corrected chi connectivity index (χ4v) is 2.54. The van der Waals surface area contributed by atoms with Gasteiger partial charge in [-0.2, -0.15) is 0 Å². The third-order valence-electron chi connectivity index (χ3n) is 2.08. The summed E-state index contributed by atoms with van der Waals surface area (Å²) in [5.41, 5.74) is 5.56. The molecule has 1 rings (SSSR count). The number of nitrogens with two attached hydrogens (primary N) is 1. The van der Waals surface area contributed by atoms with Crippen molar-refractivity contribution in [3.63, 3.8) is 0 Å². The Kier molecular flexibility index (Phi) is 5.12. The number of amides is 1. The highest BCUT2D eigenvalue weighted by molar-refractivity contribution is 9.10. The molecule has 8 heteroatoms. The maximum absolute atomic E-state index is 11.8. The Labute approximate surface area is 114 Å². The molecule has 0 aromatic heterocycles. The van der Waals surface area contributed by atoms with Crippen molar-refractivity contribution in [3.8, 4) is 0 Å². The van der Waals surface area contributed by atoms with Crippen molar-refractivity contribution in [2.24, 2.45) is 5.73 Å². The zero-order chi connectivity index (χ0) is 13.8. The number of halogens is 1. The first-order valence-corrected chi connectivity index (χ1v) is 7.28. The van der Waals surface area contributed by atoms with E-state index in [0.717, 1.165) is 10.0 Å². The molecule has 1 amide bonds. The van der Waals surface area contributed by atoms with E-state index in [1.807, 2.05) is 0 Å². The van der Waals surface area contributed by atoms with Crippen molar-refractivity contribution in [1.29, 1.82) is 0 Å². The number of rotatable bonds is 5. The number of hydrogen-bond donors (Lipinski definition) is 2. The first-order chi connectivity index (χ1) is 8.33. The lowest BCUT2D eigenvalue weighted by atomic mass is 10.2. The number of ether oxygens (including phenoxy) is 1. The van der Waals surface area contributed by atoms with E-state index in [1.165, 1.54) is 6.07 Å². The van der Waals surface area contributed by atoms with Gasteiger partial charge in [-0.15, -0.1) is 0 Å². The van der Waals surface area contributed by atoms with Gasteiger partial charge >= 0.3 is 6.09 Å². The number of carbonyl (C=O) groups excluding carboxylic acids is 1. The van der Waals surface area contributed by atoms with Crippen molar-refractivity contribution in [1.82, 2.24) is 4.72 Å². The minimum Gasteiger partial charge on any atom is -0.448 e. The minimum atomic E-state index is -3.60. The molecule has 6 nitrogen and oxygen atoms in total. The van der Waals surface area contributed by atoms with E-state index in [9.17, 15) is 13.2 Å². The summed E-state index contributed by atoms with van der Waals surface area (Å²) in [6, 6.07) is 4.68. The van der Waals surface area contributed by atoms with Crippen LogP contribution in [0.2, 0.25) is 0 Å². The summed E-state index contributed by atoms with van der Waals surface area (Å²) in [5.74, 6) is 0. The Morgan fingerprint density at radius 1 is 1.50 bits per heavy atom. The molecule has 0 bridgehead atoms. The average molecular weight is 337 g/mol. The third kappa shape index (κ3) is 4.28. The lowest BCUT2D eigenvalue weighted by molar-refractivity contribution is 0.159. The average Bonchev–Trinajstić information content (AvgIpc) is 2.28. The molecule has 100 valence electrons. The Morgan fingerprint density at radius 2 is 2.17 bits per heavy atom. The van der Waals surface area contributed by atoms with Crippen LogP contribution >= 0.6 is 15.9 Å². The van der Waals surface area contributed by atoms with E-state index < -0.39 is 16.1 Å². The second-order valence-electron chi connectivity index (χ2n) is 3.48. The van der Waals surface area contributed by atoms with Gasteiger partial charge in [0.25, 0.3) is 0 Å². The van der Waals surface area contributed by atoms with E-state index in [4.69, 9.17) is 5.73 Å². The molecule has 0 fully saturated rings. The van der Waals surface area contributed by atoms with Crippen LogP contribution in [-0.2, 0) is 14.8 Å². The van der Waals surface area contributed by atoms with Crippen LogP contribution in [0.3, 0.4) is 0 Å². The van der Waals surface area contributed by atoms with Gasteiger partial charge in [0.05, 0.1) is 4.90 Å². The van der Waals surface area contributed by atoms with Gasteiger partial charge in [-0.05, 0) is 30.7 Å². The zero-order valence-corrected chi connectivity index (χ0v) is 12.0. The van der Waals surface area contributed by atoms with Crippen LogP contribution in [0.1, 0.15) is 5.56 Å². The minimum absolute atomic E-state index is 0.0274. The summed E-state index contributed by atoms with van der Waals surface area (Å²) in [6.45, 7) is 1.66. The van der Waals surface area contributed by atoms with Crippen molar-refractivity contribution in [2.45, 2.75) is 11.8 Å². The van der Waals surface area contributed by atoms with Crippen LogP contribution < -0.4 is 10.5 Å². The molecule has 1 aromatic rings. The Balaban J connectivity index is 2.68. The molecule has 0 unspecified atom stereocenters. The van der Waals surface area contributed by atoms with Gasteiger partial charge in [0.1, 0.15) is 6.61 Å². The number of nitrogens with one attached hydrogen (secondary N) is 1. The standard InChI is InChI=1S/C10H13BrN2O4S/c1-7-6-8(2-3-9(7)11)18(15,16)13-4-5-17-10(12)14/h2-3,6,13H,4-5H2,1H3,(H2,12,14). The highest BCUT2D eigenvalue weighted by Gasteiger charge is 2.14. The van der Waals surface area contributed by atoms with E-state index in [0.29, 0.717) is 0 Å². The highest BCUT2D eigenvalue weighted by Crippen LogP contribution is 2.19. The molecule has 0 aliphatic rings. The molecule has 0 heterocycles. The second-order valence-corrected chi connectivity index (χ2v) is 6.10. The topological polar surface area (TPSA) is 98.5 Å². The maximum atomic E-state index is 11.8. The number of aryl methyl sites for hydroxylation is 1. The Morgan fingerprint density at radius 3 is 2.72 bits per heavy atom. The normalized spacial score (nSPS) is 11.2. The molecule has 18 heavy (non-hydrogen) atoms. The summed E-state index contributed by atoms with van der Waals surface area (Å²) in [6.07, 6.45) is -0.936. The zero-order valence-electron chi connectivity index (χ0n) is 9.64. The summed E-state index contributed by atoms with van der Waals surface area (Å²) < 4.78 is 31.2. The predicted octanol–water partition coefficient (Wildman–Crippen LogP) is 1.13. The number of primary amides is 1. The Bertz CT molecular complexity index is 545. The van der Waals surface area contributed by atoms with Crippen molar-refractivity contribution in [2.75, 3.05) is 13.2 Å². The number of carbonyl (C=O) groups is 1. The van der Waals surface area contributed by atoms with Gasteiger partial charge in [-0.25, -0.2) is 17.9 Å². The lowest BCUT2D eigenvalue weighted by Crippen LogP contribution is -2.29. The SMILES string of the molecule is Cc1cc(S(=O)(=O)NCCOC(N)=O)ccc1Br. The fourth-order valence-electron chi connectivity index (χ4n) is 1.20. The Hall–Kier alpha value is -1.12. The van der Waals surface area contributed by atoms with Crippen LogP contribution in [-0.4, -0.2) is 27.7 Å². The molecule has 3 N–H and O–H groups in total. The molecule has 0 aliphatic heterocycles. The summed E-state index contributed by atoms with van der Waals surface area (Å²) in [4.78, 5) is 10.4. The molecule has 0 saturated carbocycles. The number of hydrogen-bond acceptors (Lipinski definition) is 4. The summed E-state index contributed by atoms with van der Waals surface area (Å²) in [7, 11) is -3.60. The number of benzene rings is 1. The van der Waals surface area contributed by atoms with E-state index >= 15 is 0 Å². The summed E-state index contributed by atoms with van der Waals surface area (Å²) >= 11 is 3.29. The first kappa shape index (κ1) is 14.9. The molecule has 0 radical (unpaired) electrons. The summed E-state index contributed by atoms with van der Waals surface area (Å²) in [5, 5.41) is 0. The number of sulfonamides is 1. The smallest absolute Gasteiger partial charge is 0.404 e. The largest absolute Gasteiger partial charge is 0.448 e. The van der Waals surface area contributed by atoms with Gasteiger partial charge in [-0.3, -0.25) is 0 Å². The molecule has 1 aromatic carbocycles. The van der Waals surface area contributed by atoms with E-state index in [2.05, 4.69) is 25.4 Å². The van der Waals surface area contributed by atoms with Crippen molar-refractivity contribution in [3.05, 3.63) is 28.2 Å². The van der Waals surface area contributed by atoms with Crippen LogP contribution in [0.5, 0.6) is 0 Å². The van der Waals surface area contributed by atoms with Gasteiger partial charge < -0.3 is 10.5 Å². The molecule has 0 aliphatic carbocycles. The molecule has 0 atom stereocenters. The quantitative estimate of drug-likeness (QED) is 0.787. The van der Waals surface area contributed by atoms with Crippen LogP contribution in [0.15, 0.2) is 27.6 Å². The van der Waals surface area contributed by atoms with Crippen molar-refractivity contribution < 1.29 is 17.9 Å². The second kappa shape index (κ2) is 6.17. The van der Waals surface area contributed by atoms with Crippen LogP contribution in [0.25, 0.3) is 0 Å². The van der Waals surface area contributed by atoms with Crippen molar-refractivity contribution >= 4 is 32.0 Å². The van der Waals surface area contributed by atoms with Crippen LogP contribution in [0, 0.1) is 6.92 Å². The predicted molar refractivity (Wildman–Crippen MR) is 69.6 cm³/mol. The first-order valence-electron chi connectivity index (χ1n) is 5.01. The monoisotopic (exact) mass is 336 g/mol. The van der Waals surface area contributed by atoms with Gasteiger partial charge in [-0.1, -0.05) is 15.9 Å². The molecular weight excluding hydrogens is 324 g/mol. The molecular formula is C10H13BrN2O4S. The molecule has 0 saturated heterocycles. The third-order valence-corrected chi connectivity index (χ3v) is 4.43. The van der Waals surface area contributed by atoms with Gasteiger partial charge in [0.2, 0.25) is 10.0 Å². The van der Waals surface area contributed by atoms with Gasteiger partial charge in [0.15, 0.2) is 0 Å². The molecule has 0 spiro atoms. The lowest BCUT2D eigenvalue weighted by Gasteiger charge is -2.08. The highest BCUT2D eigenvalue weighted by atomic mass is 79.9. The van der Waals surface area contributed by atoms with Crippen LogP contribution in [0.4, 0.5) is 4.79 Å². The maximum Gasteiger partial charge on any atom is 0.404 e. The van der Waals surface area contributed by atoms with E-state index in [1.54, 1.807) is 19.1 Å². The van der Waals surface area contributed by atoms with E-state index in [-0.39, 0.29) is 18.0 Å². The van der Waals surface area contributed by atoms with Gasteiger partial charge in [0, 0.05) is 11.0 Å². The fraction of sp³-hybridized carbons (Fsp3) is 0.300.